The molecule has 0 atom stereocenters. The molecule has 9 aromatic rings. The molecule has 1 aliphatic carbocycles. The predicted molar refractivity (Wildman–Crippen MR) is 191 cm³/mol. The van der Waals surface area contributed by atoms with Crippen LogP contribution in [0.2, 0.25) is 0 Å². The minimum Gasteiger partial charge on any atom is -0.306 e. The van der Waals surface area contributed by atoms with Crippen LogP contribution in [0.25, 0.3) is 88.3 Å². The van der Waals surface area contributed by atoms with Gasteiger partial charge >= 0.3 is 0 Å². The number of hydrogen-bond donors (Lipinski definition) is 0. The summed E-state index contributed by atoms with van der Waals surface area (Å²) in [5.41, 5.74) is 9.27. The maximum Gasteiger partial charge on any atom is 0.145 e. The van der Waals surface area contributed by atoms with Crippen molar-refractivity contribution in [3.63, 3.8) is 0 Å². The highest BCUT2D eigenvalue weighted by molar-refractivity contribution is 8.06. The number of nitriles is 2. The standard InChI is InChI=1S/C38H18N8S2/c39-19-47-37-38(48-20-40)44-35-27-16-30(45-28-10-3-1-6-21(28)23-12-14-41-17-31(23)45)36(26-9-5-8-25(33(26)27)34(35)43-37)46-29-11-4-2-7-22(29)24-13-15-42-18-32(24)46/h1-18H. The topological polar surface area (TPSA) is 109 Å². The second-order valence-electron chi connectivity index (χ2n) is 11.4. The van der Waals surface area contributed by atoms with E-state index in [4.69, 9.17) is 9.97 Å². The molecule has 0 saturated carbocycles. The van der Waals surface area contributed by atoms with Crippen LogP contribution in [0.15, 0.2) is 120 Å². The van der Waals surface area contributed by atoms with E-state index in [1.165, 1.54) is 0 Å². The predicted octanol–water partition coefficient (Wildman–Crippen LogP) is 9.41. The zero-order valence-electron chi connectivity index (χ0n) is 24.8. The molecule has 0 amide bonds. The van der Waals surface area contributed by atoms with Gasteiger partial charge in [0.1, 0.15) is 20.9 Å². The molecular weight excluding hydrogens is 633 g/mol. The van der Waals surface area contributed by atoms with Gasteiger partial charge in [0.2, 0.25) is 0 Å². The summed E-state index contributed by atoms with van der Waals surface area (Å²) in [4.78, 5) is 19.1. The van der Waals surface area contributed by atoms with Crippen molar-refractivity contribution in [2.45, 2.75) is 10.1 Å². The van der Waals surface area contributed by atoms with E-state index in [1.807, 2.05) is 24.8 Å². The minimum absolute atomic E-state index is 0.420. The van der Waals surface area contributed by atoms with E-state index in [9.17, 15) is 10.5 Å². The molecule has 222 valence electrons. The van der Waals surface area contributed by atoms with Gasteiger partial charge in [0.15, 0.2) is 0 Å². The van der Waals surface area contributed by atoms with Gasteiger partial charge in [-0.2, -0.15) is 10.5 Å². The van der Waals surface area contributed by atoms with Gasteiger partial charge in [-0.25, -0.2) is 9.97 Å². The van der Waals surface area contributed by atoms with Crippen molar-refractivity contribution >= 4 is 77.9 Å². The van der Waals surface area contributed by atoms with Crippen LogP contribution in [0.3, 0.4) is 0 Å². The minimum atomic E-state index is 0.420. The van der Waals surface area contributed by atoms with Crippen molar-refractivity contribution in [2.24, 2.45) is 0 Å². The van der Waals surface area contributed by atoms with E-state index >= 15 is 0 Å². The van der Waals surface area contributed by atoms with Crippen LogP contribution >= 0.6 is 23.5 Å². The number of para-hydroxylation sites is 2. The number of pyridine rings is 2. The average molecular weight is 651 g/mol. The molecule has 0 unspecified atom stereocenters. The molecule has 5 heterocycles. The summed E-state index contributed by atoms with van der Waals surface area (Å²) in [6.45, 7) is 0. The fourth-order valence-corrected chi connectivity index (χ4v) is 8.34. The summed E-state index contributed by atoms with van der Waals surface area (Å²) < 4.78 is 4.62. The molecule has 10 rings (SSSR count). The van der Waals surface area contributed by atoms with Crippen molar-refractivity contribution in [3.05, 3.63) is 110 Å². The first-order valence-electron chi connectivity index (χ1n) is 15.1. The van der Waals surface area contributed by atoms with Crippen LogP contribution in [-0.2, 0) is 0 Å². The molecule has 0 aliphatic heterocycles. The fourth-order valence-electron chi connectivity index (χ4n) is 7.38. The van der Waals surface area contributed by atoms with Gasteiger partial charge in [0, 0.05) is 79.4 Å². The first kappa shape index (κ1) is 27.0. The third kappa shape index (κ3) is 3.56. The lowest BCUT2D eigenvalue weighted by atomic mass is 10.00. The van der Waals surface area contributed by atoms with Crippen molar-refractivity contribution < 1.29 is 0 Å². The largest absolute Gasteiger partial charge is 0.306 e. The molecule has 0 fully saturated rings. The summed E-state index contributed by atoms with van der Waals surface area (Å²) in [6, 6.07) is 29.5. The van der Waals surface area contributed by atoms with Gasteiger partial charge in [0.05, 0.1) is 57.2 Å². The Morgan fingerprint density at radius 2 is 1.08 bits per heavy atom. The highest BCUT2D eigenvalue weighted by Crippen LogP contribution is 2.51. The Balaban J connectivity index is 1.44. The van der Waals surface area contributed by atoms with Crippen LogP contribution in [0.5, 0.6) is 0 Å². The molecule has 0 bridgehead atoms. The van der Waals surface area contributed by atoms with E-state index in [-0.39, 0.29) is 0 Å². The lowest BCUT2D eigenvalue weighted by molar-refractivity contribution is 0.943. The number of aromatic nitrogens is 6. The lowest BCUT2D eigenvalue weighted by Crippen LogP contribution is -2.05. The van der Waals surface area contributed by atoms with Gasteiger partial charge in [-0.05, 0) is 30.3 Å². The Hall–Kier alpha value is -6.20. The van der Waals surface area contributed by atoms with Gasteiger partial charge in [-0.15, -0.1) is 0 Å². The van der Waals surface area contributed by atoms with Crippen LogP contribution in [-0.4, -0.2) is 29.1 Å². The highest BCUT2D eigenvalue weighted by Gasteiger charge is 2.31. The molecule has 0 radical (unpaired) electrons. The number of nitrogens with zero attached hydrogens (tertiary/aromatic N) is 8. The van der Waals surface area contributed by atoms with Crippen LogP contribution < -0.4 is 0 Å². The Morgan fingerprint density at radius 1 is 0.542 bits per heavy atom. The first-order chi connectivity index (χ1) is 23.8. The van der Waals surface area contributed by atoms with E-state index in [2.05, 4.69) is 115 Å². The molecule has 0 saturated heterocycles. The number of hydrogen-bond acceptors (Lipinski definition) is 8. The van der Waals surface area contributed by atoms with Gasteiger partial charge < -0.3 is 9.13 Å². The smallest absolute Gasteiger partial charge is 0.145 e. The van der Waals surface area contributed by atoms with Gasteiger partial charge in [0.25, 0.3) is 0 Å². The molecule has 0 N–H and O–H groups in total. The first-order valence-corrected chi connectivity index (χ1v) is 16.7. The normalized spacial score (nSPS) is 11.9. The molecule has 1 aliphatic rings. The number of fused-ring (bicyclic) bond motifs is 9. The van der Waals surface area contributed by atoms with E-state index in [0.717, 1.165) is 100 Å². The summed E-state index contributed by atoms with van der Waals surface area (Å²) >= 11 is 1.84. The van der Waals surface area contributed by atoms with Crippen molar-refractivity contribution in [3.8, 4) is 44.7 Å². The third-order valence-corrected chi connectivity index (χ3v) is 10.4. The SMILES string of the molecule is N#CSc1nc2c(nc1SC#N)-c1cc(-n3c4ccccc4c4ccncc43)c(-n3c4ccccc4c4ccncc43)c3cccc-2c13. The molecule has 48 heavy (non-hydrogen) atoms. The van der Waals surface area contributed by atoms with Crippen molar-refractivity contribution in [1.82, 2.24) is 29.1 Å². The summed E-state index contributed by atoms with van der Waals surface area (Å²) in [7, 11) is 0. The monoisotopic (exact) mass is 650 g/mol. The quantitative estimate of drug-likeness (QED) is 0.137. The maximum absolute atomic E-state index is 9.61. The van der Waals surface area contributed by atoms with Crippen molar-refractivity contribution in [2.75, 3.05) is 0 Å². The van der Waals surface area contributed by atoms with E-state index < -0.39 is 0 Å². The summed E-state index contributed by atoms with van der Waals surface area (Å²) in [6.07, 6.45) is 7.54. The fraction of sp³-hybridized carbons (Fsp3) is 0. The average Bonchev–Trinajstić information content (AvgIpc) is 3.75. The lowest BCUT2D eigenvalue weighted by Gasteiger charge is -2.20. The zero-order chi connectivity index (χ0) is 31.9. The van der Waals surface area contributed by atoms with Crippen LogP contribution in [0.1, 0.15) is 0 Å². The second-order valence-corrected chi connectivity index (χ2v) is 13.0. The molecule has 5 aromatic heterocycles. The van der Waals surface area contributed by atoms with E-state index in [0.29, 0.717) is 21.4 Å². The highest BCUT2D eigenvalue weighted by atomic mass is 32.2. The third-order valence-electron chi connectivity index (χ3n) is 9.16. The molecule has 8 nitrogen and oxygen atoms in total. The number of rotatable bonds is 4. The molecule has 4 aromatic carbocycles. The Morgan fingerprint density at radius 3 is 1.73 bits per heavy atom. The summed E-state index contributed by atoms with van der Waals surface area (Å²) in [5.74, 6) is 0. The summed E-state index contributed by atoms with van der Waals surface area (Å²) in [5, 5.41) is 30.8. The number of thiocyanates is 2. The second kappa shape index (κ2) is 10.1. The molecular formula is C38H18N8S2. The van der Waals surface area contributed by atoms with Crippen LogP contribution in [0.4, 0.5) is 0 Å². The van der Waals surface area contributed by atoms with Crippen molar-refractivity contribution in [1.29, 1.82) is 10.5 Å². The molecule has 10 heteroatoms. The van der Waals surface area contributed by atoms with Crippen LogP contribution in [0, 0.1) is 21.3 Å². The Labute approximate surface area is 280 Å². The number of thioether (sulfide) groups is 2. The molecule has 0 spiro atoms. The van der Waals surface area contributed by atoms with Gasteiger partial charge in [-0.3, -0.25) is 9.97 Å². The van der Waals surface area contributed by atoms with E-state index in [1.54, 1.807) is 0 Å². The van der Waals surface area contributed by atoms with Gasteiger partial charge in [-0.1, -0.05) is 54.6 Å². The zero-order valence-corrected chi connectivity index (χ0v) is 26.4. The Bertz CT molecular complexity index is 2840. The maximum atomic E-state index is 9.61. The Kier molecular flexibility index (Phi) is 5.70. The number of benzene rings is 4.